The molecule has 3 rings (SSSR count). The van der Waals surface area contributed by atoms with Crippen LogP contribution in [0.15, 0.2) is 6.07 Å². The van der Waals surface area contributed by atoms with Crippen LogP contribution in [0.1, 0.15) is 58.6 Å². The number of primary amides is 1. The molecule has 0 spiro atoms. The average molecular weight is 320 g/mol. The van der Waals surface area contributed by atoms with Gasteiger partial charge in [0.1, 0.15) is 0 Å². The first-order chi connectivity index (χ1) is 10.6. The molecular weight excluding hydrogens is 296 g/mol. The van der Waals surface area contributed by atoms with Gasteiger partial charge in [0.15, 0.2) is 0 Å². The predicted molar refractivity (Wildman–Crippen MR) is 88.0 cm³/mol. The second-order valence-corrected chi connectivity index (χ2v) is 7.58. The molecule has 1 aliphatic carbocycles. The highest BCUT2D eigenvalue weighted by atomic mass is 32.1. The molecule has 1 aromatic heterocycles. The van der Waals surface area contributed by atoms with E-state index < -0.39 is 0 Å². The van der Waals surface area contributed by atoms with Gasteiger partial charge in [-0.05, 0) is 50.2 Å². The lowest BCUT2D eigenvalue weighted by Gasteiger charge is -2.30. The van der Waals surface area contributed by atoms with Gasteiger partial charge in [-0.25, -0.2) is 0 Å². The number of carbonyl (C=O) groups excluding carboxylic acids is 2. The zero-order chi connectivity index (χ0) is 15.5. The Bertz CT molecular complexity index is 534. The summed E-state index contributed by atoms with van der Waals surface area (Å²) in [6.45, 7) is 1.30. The third kappa shape index (κ3) is 3.35. The summed E-state index contributed by atoms with van der Waals surface area (Å²) in [6, 6.07) is 2.12. The number of thiophene rings is 1. The Kier molecular flexibility index (Phi) is 4.81. The van der Waals surface area contributed by atoms with Crippen LogP contribution in [0.25, 0.3) is 0 Å². The zero-order valence-corrected chi connectivity index (χ0v) is 13.8. The van der Waals surface area contributed by atoms with Crippen molar-refractivity contribution in [2.75, 3.05) is 13.1 Å². The second-order valence-electron chi connectivity index (χ2n) is 6.44. The molecule has 2 heterocycles. The van der Waals surface area contributed by atoms with Crippen LogP contribution >= 0.6 is 11.3 Å². The lowest BCUT2D eigenvalue weighted by atomic mass is 9.96. The Balaban J connectivity index is 1.68. The van der Waals surface area contributed by atoms with E-state index in [0.717, 1.165) is 17.7 Å². The summed E-state index contributed by atoms with van der Waals surface area (Å²) in [6.07, 6.45) is 8.73. The minimum Gasteiger partial charge on any atom is -0.369 e. The van der Waals surface area contributed by atoms with Gasteiger partial charge in [0, 0.05) is 23.9 Å². The van der Waals surface area contributed by atoms with E-state index in [4.69, 9.17) is 5.73 Å². The maximum absolute atomic E-state index is 12.7. The minimum absolute atomic E-state index is 0.0624. The van der Waals surface area contributed by atoms with Gasteiger partial charge < -0.3 is 10.6 Å². The van der Waals surface area contributed by atoms with Crippen molar-refractivity contribution in [3.63, 3.8) is 0 Å². The van der Waals surface area contributed by atoms with Crippen LogP contribution in [-0.2, 0) is 17.6 Å². The first kappa shape index (κ1) is 15.5. The summed E-state index contributed by atoms with van der Waals surface area (Å²) in [7, 11) is 0. The summed E-state index contributed by atoms with van der Waals surface area (Å²) in [5.41, 5.74) is 6.74. The average Bonchev–Trinajstić information content (AvgIpc) is 2.89. The monoisotopic (exact) mass is 320 g/mol. The SMILES string of the molecule is NC(=O)C1CCN(C(=O)c2cc3c(s2)CCCCCC3)CC1. The molecule has 0 bridgehead atoms. The normalized spacial score (nSPS) is 20.1. The second kappa shape index (κ2) is 6.82. The van der Waals surface area contributed by atoms with Crippen LogP contribution in [-0.4, -0.2) is 29.8 Å². The van der Waals surface area contributed by atoms with Crippen molar-refractivity contribution in [1.29, 1.82) is 0 Å². The fourth-order valence-corrected chi connectivity index (χ4v) is 4.69. The van der Waals surface area contributed by atoms with E-state index in [9.17, 15) is 9.59 Å². The van der Waals surface area contributed by atoms with E-state index in [0.29, 0.717) is 25.9 Å². The van der Waals surface area contributed by atoms with Gasteiger partial charge in [-0.15, -0.1) is 11.3 Å². The lowest BCUT2D eigenvalue weighted by Crippen LogP contribution is -2.41. The molecule has 0 saturated carbocycles. The fourth-order valence-electron chi connectivity index (χ4n) is 3.47. The molecule has 0 aromatic carbocycles. The van der Waals surface area contributed by atoms with Crippen LogP contribution in [0.2, 0.25) is 0 Å². The fraction of sp³-hybridized carbons (Fsp3) is 0.647. The summed E-state index contributed by atoms with van der Waals surface area (Å²) in [5.74, 6) is -0.154. The van der Waals surface area contributed by atoms with Crippen LogP contribution in [0.4, 0.5) is 0 Å². The molecule has 0 atom stereocenters. The van der Waals surface area contributed by atoms with Crippen molar-refractivity contribution >= 4 is 23.2 Å². The highest BCUT2D eigenvalue weighted by molar-refractivity contribution is 7.14. The molecule has 0 unspecified atom stereocenters. The summed E-state index contributed by atoms with van der Waals surface area (Å²) >= 11 is 1.68. The Morgan fingerprint density at radius 1 is 1.09 bits per heavy atom. The Labute approximate surface area is 135 Å². The molecular formula is C17H24N2O2S. The molecule has 22 heavy (non-hydrogen) atoms. The first-order valence-electron chi connectivity index (χ1n) is 8.35. The summed E-state index contributed by atoms with van der Waals surface area (Å²) in [4.78, 5) is 28.1. The third-order valence-electron chi connectivity index (χ3n) is 4.89. The van der Waals surface area contributed by atoms with E-state index in [1.807, 2.05) is 4.90 Å². The quantitative estimate of drug-likeness (QED) is 0.910. The smallest absolute Gasteiger partial charge is 0.263 e. The van der Waals surface area contributed by atoms with E-state index in [1.165, 1.54) is 36.1 Å². The van der Waals surface area contributed by atoms with Crippen molar-refractivity contribution in [3.8, 4) is 0 Å². The predicted octanol–water partition coefficient (Wildman–Crippen LogP) is 2.74. The number of piperidine rings is 1. The van der Waals surface area contributed by atoms with Crippen molar-refractivity contribution < 1.29 is 9.59 Å². The van der Waals surface area contributed by atoms with Crippen LogP contribution in [0.3, 0.4) is 0 Å². The highest BCUT2D eigenvalue weighted by Crippen LogP contribution is 2.30. The number of hydrogen-bond acceptors (Lipinski definition) is 3. The number of nitrogens with zero attached hydrogens (tertiary/aromatic N) is 1. The lowest BCUT2D eigenvalue weighted by molar-refractivity contribution is -0.123. The van der Waals surface area contributed by atoms with Crippen LogP contribution < -0.4 is 5.73 Å². The van der Waals surface area contributed by atoms with Gasteiger partial charge in [0.05, 0.1) is 4.88 Å². The van der Waals surface area contributed by atoms with Crippen LogP contribution in [0.5, 0.6) is 0 Å². The zero-order valence-electron chi connectivity index (χ0n) is 13.0. The maximum Gasteiger partial charge on any atom is 0.263 e. The van der Waals surface area contributed by atoms with Gasteiger partial charge in [-0.1, -0.05) is 12.8 Å². The summed E-state index contributed by atoms with van der Waals surface area (Å²) < 4.78 is 0. The molecule has 1 saturated heterocycles. The molecule has 2 aliphatic rings. The molecule has 2 N–H and O–H groups in total. The topological polar surface area (TPSA) is 63.4 Å². The number of hydrogen-bond donors (Lipinski definition) is 1. The molecule has 2 amide bonds. The maximum atomic E-state index is 12.7. The van der Waals surface area contributed by atoms with E-state index in [2.05, 4.69) is 6.07 Å². The molecule has 0 radical (unpaired) electrons. The van der Waals surface area contributed by atoms with Crippen molar-refractivity contribution in [2.24, 2.45) is 11.7 Å². The number of likely N-dealkylation sites (tertiary alicyclic amines) is 1. The van der Waals surface area contributed by atoms with Gasteiger partial charge in [-0.3, -0.25) is 9.59 Å². The van der Waals surface area contributed by atoms with Gasteiger partial charge in [0.25, 0.3) is 5.91 Å². The van der Waals surface area contributed by atoms with Gasteiger partial charge in [0.2, 0.25) is 5.91 Å². The number of amides is 2. The third-order valence-corrected chi connectivity index (χ3v) is 6.12. The molecule has 1 fully saturated rings. The van der Waals surface area contributed by atoms with Crippen molar-refractivity contribution in [2.45, 2.75) is 51.4 Å². The van der Waals surface area contributed by atoms with E-state index in [-0.39, 0.29) is 17.7 Å². The number of fused-ring (bicyclic) bond motifs is 1. The molecule has 120 valence electrons. The Morgan fingerprint density at radius 2 is 1.77 bits per heavy atom. The number of carbonyl (C=O) groups is 2. The summed E-state index contributed by atoms with van der Waals surface area (Å²) in [5, 5.41) is 0. The Morgan fingerprint density at radius 3 is 2.45 bits per heavy atom. The largest absolute Gasteiger partial charge is 0.369 e. The Hall–Kier alpha value is -1.36. The minimum atomic E-state index is -0.230. The van der Waals surface area contributed by atoms with Crippen molar-refractivity contribution in [1.82, 2.24) is 4.90 Å². The molecule has 1 aromatic rings. The van der Waals surface area contributed by atoms with Gasteiger partial charge >= 0.3 is 0 Å². The standard InChI is InChI=1S/C17H24N2O2S/c18-16(20)12-7-9-19(10-8-12)17(21)15-11-13-5-3-1-2-4-6-14(13)22-15/h11-12H,1-10H2,(H2,18,20). The van der Waals surface area contributed by atoms with Gasteiger partial charge in [-0.2, -0.15) is 0 Å². The number of aryl methyl sites for hydroxylation is 2. The van der Waals surface area contributed by atoms with E-state index in [1.54, 1.807) is 11.3 Å². The van der Waals surface area contributed by atoms with Crippen LogP contribution in [0, 0.1) is 5.92 Å². The molecule has 4 nitrogen and oxygen atoms in total. The molecule has 5 heteroatoms. The van der Waals surface area contributed by atoms with Crippen molar-refractivity contribution in [3.05, 3.63) is 21.4 Å². The highest BCUT2D eigenvalue weighted by Gasteiger charge is 2.27. The first-order valence-corrected chi connectivity index (χ1v) is 9.17. The molecule has 1 aliphatic heterocycles. The van der Waals surface area contributed by atoms with E-state index >= 15 is 0 Å². The number of rotatable bonds is 2. The number of nitrogens with two attached hydrogens (primary N) is 1.